The molecule has 0 aromatic heterocycles. The number of hydrogen-bond acceptors (Lipinski definition) is 2. The number of halogens is 2. The Hall–Kier alpha value is -1.58. The largest absolute Gasteiger partial charge is 0.398 e. The van der Waals surface area contributed by atoms with Crippen LogP contribution in [0.15, 0.2) is 42.5 Å². The number of nitrogen functional groups attached to an aromatic ring is 1. The molecule has 0 fully saturated rings. The molecular weight excluding hydrogens is 287 g/mol. The second-order valence-corrected chi connectivity index (χ2v) is 5.84. The van der Waals surface area contributed by atoms with Gasteiger partial charge in [-0.15, -0.1) is 0 Å². The van der Waals surface area contributed by atoms with E-state index in [1.165, 1.54) is 12.1 Å². The zero-order valence-corrected chi connectivity index (χ0v) is 13.1. The van der Waals surface area contributed by atoms with Gasteiger partial charge in [0.2, 0.25) is 0 Å². The summed E-state index contributed by atoms with van der Waals surface area (Å²) in [6.07, 6.45) is 0. The van der Waals surface area contributed by atoms with Gasteiger partial charge in [0, 0.05) is 29.8 Å². The van der Waals surface area contributed by atoms with E-state index in [2.05, 4.69) is 18.7 Å². The summed E-state index contributed by atoms with van der Waals surface area (Å²) in [4.78, 5) is 2.25. The third-order valence-electron chi connectivity index (χ3n) is 3.55. The van der Waals surface area contributed by atoms with Crippen molar-refractivity contribution in [2.24, 2.45) is 0 Å². The Balaban J connectivity index is 2.18. The Labute approximate surface area is 130 Å². The minimum Gasteiger partial charge on any atom is -0.398 e. The van der Waals surface area contributed by atoms with Gasteiger partial charge < -0.3 is 5.73 Å². The summed E-state index contributed by atoms with van der Waals surface area (Å²) >= 11 is 6.12. The van der Waals surface area contributed by atoms with Crippen molar-refractivity contribution >= 4 is 17.3 Å². The molecule has 0 saturated heterocycles. The summed E-state index contributed by atoms with van der Waals surface area (Å²) in [6.45, 7) is 5.64. The van der Waals surface area contributed by atoms with Gasteiger partial charge >= 0.3 is 0 Å². The van der Waals surface area contributed by atoms with Crippen molar-refractivity contribution in [3.63, 3.8) is 0 Å². The lowest BCUT2D eigenvalue weighted by molar-refractivity contribution is 0.204. The molecular formula is C17H20ClFN2. The highest BCUT2D eigenvalue weighted by Gasteiger charge is 2.14. The monoisotopic (exact) mass is 306 g/mol. The first-order chi connectivity index (χ1) is 9.97. The Morgan fingerprint density at radius 2 is 1.76 bits per heavy atom. The smallest absolute Gasteiger partial charge is 0.124 e. The SMILES string of the molecule is CC(C)N(Cc1ccccc1N)Cc1ccc(F)cc1Cl. The first-order valence-corrected chi connectivity index (χ1v) is 7.36. The summed E-state index contributed by atoms with van der Waals surface area (Å²) < 4.78 is 13.1. The van der Waals surface area contributed by atoms with Crippen LogP contribution in [0, 0.1) is 5.82 Å². The highest BCUT2D eigenvalue weighted by Crippen LogP contribution is 2.22. The quantitative estimate of drug-likeness (QED) is 0.826. The average Bonchev–Trinajstić information content (AvgIpc) is 2.42. The number of rotatable bonds is 5. The number of nitrogens with zero attached hydrogens (tertiary/aromatic N) is 1. The van der Waals surface area contributed by atoms with E-state index in [1.54, 1.807) is 6.07 Å². The molecule has 21 heavy (non-hydrogen) atoms. The Bertz CT molecular complexity index is 613. The Morgan fingerprint density at radius 1 is 1.10 bits per heavy atom. The van der Waals surface area contributed by atoms with Crippen LogP contribution < -0.4 is 5.73 Å². The molecule has 2 nitrogen and oxygen atoms in total. The molecule has 0 radical (unpaired) electrons. The van der Waals surface area contributed by atoms with E-state index in [-0.39, 0.29) is 5.82 Å². The van der Waals surface area contributed by atoms with Gasteiger partial charge in [-0.1, -0.05) is 35.9 Å². The van der Waals surface area contributed by atoms with Crippen LogP contribution in [0.3, 0.4) is 0 Å². The number of anilines is 1. The molecule has 4 heteroatoms. The number of nitrogens with two attached hydrogens (primary N) is 1. The normalized spacial score (nSPS) is 11.3. The van der Waals surface area contributed by atoms with Gasteiger partial charge in [0.15, 0.2) is 0 Å². The second-order valence-electron chi connectivity index (χ2n) is 5.43. The Kier molecular flexibility index (Phi) is 5.21. The van der Waals surface area contributed by atoms with Gasteiger partial charge in [-0.25, -0.2) is 4.39 Å². The summed E-state index contributed by atoms with van der Waals surface area (Å²) in [6, 6.07) is 12.7. The molecule has 0 amide bonds. The molecule has 0 unspecified atom stereocenters. The highest BCUT2D eigenvalue weighted by atomic mass is 35.5. The fourth-order valence-electron chi connectivity index (χ4n) is 2.19. The van der Waals surface area contributed by atoms with Crippen molar-refractivity contribution in [3.8, 4) is 0 Å². The molecule has 0 heterocycles. The van der Waals surface area contributed by atoms with Crippen molar-refractivity contribution in [1.29, 1.82) is 0 Å². The van der Waals surface area contributed by atoms with E-state index in [1.807, 2.05) is 24.3 Å². The molecule has 0 bridgehead atoms. The van der Waals surface area contributed by atoms with Crippen LogP contribution in [0.5, 0.6) is 0 Å². The summed E-state index contributed by atoms with van der Waals surface area (Å²) in [5.74, 6) is -0.313. The fraction of sp³-hybridized carbons (Fsp3) is 0.294. The maximum Gasteiger partial charge on any atom is 0.124 e. The molecule has 2 aromatic carbocycles. The van der Waals surface area contributed by atoms with Crippen LogP contribution in [-0.2, 0) is 13.1 Å². The van der Waals surface area contributed by atoms with E-state index in [0.717, 1.165) is 23.4 Å². The minimum absolute atomic E-state index is 0.313. The van der Waals surface area contributed by atoms with E-state index in [9.17, 15) is 4.39 Å². The molecule has 0 spiro atoms. The van der Waals surface area contributed by atoms with Crippen LogP contribution in [0.2, 0.25) is 5.02 Å². The highest BCUT2D eigenvalue weighted by molar-refractivity contribution is 6.31. The lowest BCUT2D eigenvalue weighted by atomic mass is 10.1. The molecule has 2 rings (SSSR count). The summed E-state index contributed by atoms with van der Waals surface area (Å²) in [5.41, 5.74) is 8.80. The van der Waals surface area contributed by atoms with Crippen molar-refractivity contribution < 1.29 is 4.39 Å². The number of para-hydroxylation sites is 1. The topological polar surface area (TPSA) is 29.3 Å². The zero-order chi connectivity index (χ0) is 15.4. The van der Waals surface area contributed by atoms with Gasteiger partial charge in [0.1, 0.15) is 5.82 Å². The minimum atomic E-state index is -0.313. The molecule has 0 aliphatic heterocycles. The van der Waals surface area contributed by atoms with Gasteiger partial charge in [-0.05, 0) is 43.2 Å². The van der Waals surface area contributed by atoms with Crippen LogP contribution in [0.25, 0.3) is 0 Å². The zero-order valence-electron chi connectivity index (χ0n) is 12.3. The predicted molar refractivity (Wildman–Crippen MR) is 86.6 cm³/mol. The Morgan fingerprint density at radius 3 is 2.38 bits per heavy atom. The number of hydrogen-bond donors (Lipinski definition) is 1. The second kappa shape index (κ2) is 6.92. The van der Waals surface area contributed by atoms with E-state index < -0.39 is 0 Å². The van der Waals surface area contributed by atoms with Gasteiger partial charge in [-0.2, -0.15) is 0 Å². The first-order valence-electron chi connectivity index (χ1n) is 6.98. The average molecular weight is 307 g/mol. The maximum absolute atomic E-state index is 13.1. The summed E-state index contributed by atoms with van der Waals surface area (Å²) in [5, 5.41) is 0.460. The third-order valence-corrected chi connectivity index (χ3v) is 3.90. The summed E-state index contributed by atoms with van der Waals surface area (Å²) in [7, 11) is 0. The van der Waals surface area contributed by atoms with Crippen molar-refractivity contribution in [3.05, 3.63) is 64.4 Å². The first kappa shape index (κ1) is 15.8. The van der Waals surface area contributed by atoms with Gasteiger partial charge in [0.05, 0.1) is 0 Å². The molecule has 0 atom stereocenters. The molecule has 0 aliphatic carbocycles. The molecule has 0 saturated carbocycles. The van der Waals surface area contributed by atoms with E-state index in [4.69, 9.17) is 17.3 Å². The molecule has 2 aromatic rings. The van der Waals surface area contributed by atoms with E-state index in [0.29, 0.717) is 17.6 Å². The van der Waals surface area contributed by atoms with Crippen LogP contribution in [0.1, 0.15) is 25.0 Å². The number of benzene rings is 2. The van der Waals surface area contributed by atoms with Crippen molar-refractivity contribution in [2.75, 3.05) is 5.73 Å². The van der Waals surface area contributed by atoms with Crippen molar-refractivity contribution in [2.45, 2.75) is 33.0 Å². The molecule has 112 valence electrons. The van der Waals surface area contributed by atoms with Crippen molar-refractivity contribution in [1.82, 2.24) is 4.90 Å². The predicted octanol–water partition coefficient (Wildman–Crippen LogP) is 4.47. The van der Waals surface area contributed by atoms with E-state index >= 15 is 0 Å². The molecule has 2 N–H and O–H groups in total. The standard InChI is InChI=1S/C17H20ClFN2/c1-12(2)21(11-14-5-3-4-6-17(14)20)10-13-7-8-15(19)9-16(13)18/h3-9,12H,10-11,20H2,1-2H3. The van der Waals surface area contributed by atoms with Crippen LogP contribution in [-0.4, -0.2) is 10.9 Å². The third kappa shape index (κ3) is 4.19. The fourth-order valence-corrected chi connectivity index (χ4v) is 2.41. The lowest BCUT2D eigenvalue weighted by Crippen LogP contribution is -2.30. The lowest BCUT2D eigenvalue weighted by Gasteiger charge is -2.27. The maximum atomic E-state index is 13.1. The molecule has 0 aliphatic rings. The van der Waals surface area contributed by atoms with Crippen LogP contribution >= 0.6 is 11.6 Å². The van der Waals surface area contributed by atoms with Gasteiger partial charge in [0.25, 0.3) is 0 Å². The van der Waals surface area contributed by atoms with Gasteiger partial charge in [-0.3, -0.25) is 4.90 Å². The van der Waals surface area contributed by atoms with Crippen LogP contribution in [0.4, 0.5) is 10.1 Å².